The molecule has 4 heteroatoms. The van der Waals surface area contributed by atoms with Crippen LogP contribution in [0, 0.1) is 0 Å². The molecule has 0 fully saturated rings. The highest BCUT2D eigenvalue weighted by Crippen LogP contribution is 2.21. The molecule has 3 aromatic rings. The zero-order valence-electron chi connectivity index (χ0n) is 11.9. The number of amides is 1. The standard InChI is InChI=1S/C18H15BrN2O/c19-15-7-1-4-13(12-15)9-10-17(22)21-16-8-2-5-14-6-3-11-20-18(14)16/h1-8,11-12H,9-10H2,(H,21,22). The molecule has 1 aromatic heterocycles. The molecule has 3 rings (SSSR count). The third-order valence-electron chi connectivity index (χ3n) is 3.44. The number of carbonyl (C=O) groups is 1. The van der Waals surface area contributed by atoms with Crippen molar-refractivity contribution in [3.05, 3.63) is 70.8 Å². The van der Waals surface area contributed by atoms with Crippen LogP contribution in [0.5, 0.6) is 0 Å². The number of para-hydroxylation sites is 1. The summed E-state index contributed by atoms with van der Waals surface area (Å²) in [7, 11) is 0. The molecule has 3 nitrogen and oxygen atoms in total. The van der Waals surface area contributed by atoms with Gasteiger partial charge in [0.1, 0.15) is 0 Å². The fourth-order valence-corrected chi connectivity index (χ4v) is 2.81. The molecular formula is C18H15BrN2O. The molecule has 0 bridgehead atoms. The molecule has 110 valence electrons. The molecule has 0 aliphatic carbocycles. The first-order valence-corrected chi connectivity index (χ1v) is 7.90. The van der Waals surface area contributed by atoms with E-state index in [-0.39, 0.29) is 5.91 Å². The first-order chi connectivity index (χ1) is 10.7. The number of pyridine rings is 1. The number of aromatic nitrogens is 1. The number of hydrogen-bond acceptors (Lipinski definition) is 2. The fourth-order valence-electron chi connectivity index (χ4n) is 2.37. The van der Waals surface area contributed by atoms with Gasteiger partial charge in [0.15, 0.2) is 0 Å². The summed E-state index contributed by atoms with van der Waals surface area (Å²) in [5.74, 6) is -0.00173. The highest BCUT2D eigenvalue weighted by atomic mass is 79.9. The number of benzene rings is 2. The fraction of sp³-hybridized carbons (Fsp3) is 0.111. The van der Waals surface area contributed by atoms with Crippen molar-refractivity contribution in [1.82, 2.24) is 4.98 Å². The summed E-state index contributed by atoms with van der Waals surface area (Å²) >= 11 is 3.44. The Hall–Kier alpha value is -2.20. The number of nitrogens with one attached hydrogen (secondary N) is 1. The first-order valence-electron chi connectivity index (χ1n) is 7.10. The Balaban J connectivity index is 1.68. The summed E-state index contributed by atoms with van der Waals surface area (Å²) < 4.78 is 1.03. The summed E-state index contributed by atoms with van der Waals surface area (Å²) in [6, 6.07) is 17.7. The van der Waals surface area contributed by atoms with Gasteiger partial charge in [0.2, 0.25) is 5.91 Å². The second-order valence-corrected chi connectivity index (χ2v) is 5.97. The number of nitrogens with zero attached hydrogens (tertiary/aromatic N) is 1. The molecule has 0 atom stereocenters. The molecule has 0 unspecified atom stereocenters. The van der Waals surface area contributed by atoms with Crippen molar-refractivity contribution in [2.24, 2.45) is 0 Å². The van der Waals surface area contributed by atoms with Crippen LogP contribution in [0.4, 0.5) is 5.69 Å². The van der Waals surface area contributed by atoms with E-state index in [0.29, 0.717) is 12.8 Å². The first kappa shape index (κ1) is 14.7. The van der Waals surface area contributed by atoms with E-state index >= 15 is 0 Å². The summed E-state index contributed by atoms with van der Waals surface area (Å²) in [5.41, 5.74) is 2.72. The Morgan fingerprint density at radius 3 is 2.77 bits per heavy atom. The minimum Gasteiger partial charge on any atom is -0.324 e. The van der Waals surface area contributed by atoms with E-state index in [1.54, 1.807) is 6.20 Å². The van der Waals surface area contributed by atoms with E-state index in [4.69, 9.17) is 0 Å². The topological polar surface area (TPSA) is 42.0 Å². The van der Waals surface area contributed by atoms with Crippen LogP contribution < -0.4 is 5.32 Å². The van der Waals surface area contributed by atoms with E-state index in [0.717, 1.165) is 26.6 Å². The molecule has 0 spiro atoms. The van der Waals surface area contributed by atoms with Crippen LogP contribution >= 0.6 is 15.9 Å². The van der Waals surface area contributed by atoms with Crippen LogP contribution in [0.1, 0.15) is 12.0 Å². The molecule has 0 aliphatic rings. The number of hydrogen-bond donors (Lipinski definition) is 1. The lowest BCUT2D eigenvalue weighted by Crippen LogP contribution is -2.12. The lowest BCUT2D eigenvalue weighted by atomic mass is 10.1. The van der Waals surface area contributed by atoms with Crippen LogP contribution in [-0.2, 0) is 11.2 Å². The van der Waals surface area contributed by atoms with E-state index in [1.807, 2.05) is 54.6 Å². The zero-order chi connectivity index (χ0) is 15.4. The number of aryl methyl sites for hydroxylation is 1. The van der Waals surface area contributed by atoms with Gasteiger partial charge in [-0.3, -0.25) is 9.78 Å². The number of carbonyl (C=O) groups excluding carboxylic acids is 1. The monoisotopic (exact) mass is 354 g/mol. The van der Waals surface area contributed by atoms with Crippen LogP contribution in [0.2, 0.25) is 0 Å². The van der Waals surface area contributed by atoms with Crippen molar-refractivity contribution in [2.45, 2.75) is 12.8 Å². The Morgan fingerprint density at radius 1 is 1.09 bits per heavy atom. The lowest BCUT2D eigenvalue weighted by Gasteiger charge is -2.08. The van der Waals surface area contributed by atoms with Crippen LogP contribution in [0.25, 0.3) is 10.9 Å². The second kappa shape index (κ2) is 6.71. The summed E-state index contributed by atoms with van der Waals surface area (Å²) in [4.78, 5) is 16.5. The van der Waals surface area contributed by atoms with Crippen molar-refractivity contribution >= 4 is 38.4 Å². The molecule has 1 heterocycles. The minimum atomic E-state index is -0.00173. The Bertz CT molecular complexity index is 812. The van der Waals surface area contributed by atoms with Gasteiger partial charge in [0.25, 0.3) is 0 Å². The zero-order valence-corrected chi connectivity index (χ0v) is 13.5. The maximum atomic E-state index is 12.2. The van der Waals surface area contributed by atoms with Crippen LogP contribution in [0.3, 0.4) is 0 Å². The van der Waals surface area contributed by atoms with Gasteiger partial charge in [-0.25, -0.2) is 0 Å². The number of fused-ring (bicyclic) bond motifs is 1. The van der Waals surface area contributed by atoms with Gasteiger partial charge in [0.05, 0.1) is 11.2 Å². The average Bonchev–Trinajstić information content (AvgIpc) is 2.53. The van der Waals surface area contributed by atoms with Crippen LogP contribution in [0.15, 0.2) is 65.3 Å². The Kier molecular flexibility index (Phi) is 4.49. The van der Waals surface area contributed by atoms with Crippen molar-refractivity contribution in [1.29, 1.82) is 0 Å². The van der Waals surface area contributed by atoms with Crippen LogP contribution in [-0.4, -0.2) is 10.9 Å². The largest absolute Gasteiger partial charge is 0.324 e. The van der Waals surface area contributed by atoms with Gasteiger partial charge in [-0.05, 0) is 36.2 Å². The van der Waals surface area contributed by atoms with Crippen molar-refractivity contribution in [2.75, 3.05) is 5.32 Å². The molecule has 2 aromatic carbocycles. The van der Waals surface area contributed by atoms with Gasteiger partial charge in [0, 0.05) is 22.5 Å². The molecule has 1 amide bonds. The maximum Gasteiger partial charge on any atom is 0.224 e. The summed E-state index contributed by atoms with van der Waals surface area (Å²) in [5, 5.41) is 3.98. The number of halogens is 1. The maximum absolute atomic E-state index is 12.2. The van der Waals surface area contributed by atoms with E-state index in [9.17, 15) is 4.79 Å². The van der Waals surface area contributed by atoms with Crippen molar-refractivity contribution in [3.63, 3.8) is 0 Å². The minimum absolute atomic E-state index is 0.00173. The third kappa shape index (κ3) is 3.52. The van der Waals surface area contributed by atoms with E-state index in [2.05, 4.69) is 26.2 Å². The molecular weight excluding hydrogens is 340 g/mol. The molecule has 22 heavy (non-hydrogen) atoms. The second-order valence-electron chi connectivity index (χ2n) is 5.06. The number of rotatable bonds is 4. The molecule has 0 radical (unpaired) electrons. The molecule has 0 saturated heterocycles. The highest BCUT2D eigenvalue weighted by molar-refractivity contribution is 9.10. The Morgan fingerprint density at radius 2 is 1.91 bits per heavy atom. The Labute approximate surface area is 137 Å². The molecule has 1 N–H and O–H groups in total. The smallest absolute Gasteiger partial charge is 0.224 e. The predicted molar refractivity (Wildman–Crippen MR) is 92.8 cm³/mol. The van der Waals surface area contributed by atoms with Crippen molar-refractivity contribution < 1.29 is 4.79 Å². The normalized spacial score (nSPS) is 10.6. The van der Waals surface area contributed by atoms with E-state index in [1.165, 1.54) is 0 Å². The van der Waals surface area contributed by atoms with Gasteiger partial charge in [-0.2, -0.15) is 0 Å². The van der Waals surface area contributed by atoms with Gasteiger partial charge in [-0.15, -0.1) is 0 Å². The summed E-state index contributed by atoms with van der Waals surface area (Å²) in [6.45, 7) is 0. The average molecular weight is 355 g/mol. The quantitative estimate of drug-likeness (QED) is 0.745. The van der Waals surface area contributed by atoms with Crippen molar-refractivity contribution in [3.8, 4) is 0 Å². The lowest BCUT2D eigenvalue weighted by molar-refractivity contribution is -0.116. The molecule has 0 saturated carbocycles. The number of anilines is 1. The van der Waals surface area contributed by atoms with Gasteiger partial charge < -0.3 is 5.32 Å². The predicted octanol–water partition coefficient (Wildman–Crippen LogP) is 4.57. The van der Waals surface area contributed by atoms with Gasteiger partial charge in [-0.1, -0.05) is 46.3 Å². The molecule has 0 aliphatic heterocycles. The highest BCUT2D eigenvalue weighted by Gasteiger charge is 2.07. The SMILES string of the molecule is O=C(CCc1cccc(Br)c1)Nc1cccc2cccnc12. The summed E-state index contributed by atoms with van der Waals surface area (Å²) in [6.07, 6.45) is 2.89. The third-order valence-corrected chi connectivity index (χ3v) is 3.93. The van der Waals surface area contributed by atoms with Gasteiger partial charge >= 0.3 is 0 Å². The van der Waals surface area contributed by atoms with E-state index < -0.39 is 0 Å².